The van der Waals surface area contributed by atoms with Crippen molar-refractivity contribution >= 4 is 15.9 Å². The first-order chi connectivity index (χ1) is 9.08. The average Bonchev–Trinajstić information content (AvgIpc) is 2.76. The first-order valence-corrected chi connectivity index (χ1v) is 6.82. The number of nitrogens with zero attached hydrogens (tertiary/aromatic N) is 2. The van der Waals surface area contributed by atoms with E-state index >= 15 is 0 Å². The third kappa shape index (κ3) is 2.70. The second-order valence-electron chi connectivity index (χ2n) is 4.27. The van der Waals surface area contributed by atoms with Crippen molar-refractivity contribution in [3.05, 3.63) is 51.5 Å². The average molecular weight is 327 g/mol. The number of benzene rings is 1. The van der Waals surface area contributed by atoms with Gasteiger partial charge < -0.3 is 0 Å². The smallest absolute Gasteiger partial charge is 0.142 e. The molecular formula is C13H16BrFN4. The van der Waals surface area contributed by atoms with Crippen LogP contribution in [0.4, 0.5) is 4.39 Å². The lowest BCUT2D eigenvalue weighted by atomic mass is 10.0. The summed E-state index contributed by atoms with van der Waals surface area (Å²) in [6.07, 6.45) is 0. The highest BCUT2D eigenvalue weighted by molar-refractivity contribution is 9.10. The molecule has 4 nitrogen and oxygen atoms in total. The Morgan fingerprint density at radius 3 is 2.89 bits per heavy atom. The second kappa shape index (κ2) is 5.81. The van der Waals surface area contributed by atoms with E-state index in [0.29, 0.717) is 16.6 Å². The van der Waals surface area contributed by atoms with Crippen molar-refractivity contribution in [3.63, 3.8) is 0 Å². The number of aryl methyl sites for hydroxylation is 2. The van der Waals surface area contributed by atoms with E-state index in [1.807, 2.05) is 24.6 Å². The molecule has 0 fully saturated rings. The molecular weight excluding hydrogens is 311 g/mol. The van der Waals surface area contributed by atoms with E-state index < -0.39 is 6.04 Å². The summed E-state index contributed by atoms with van der Waals surface area (Å²) in [4.78, 5) is 0. The van der Waals surface area contributed by atoms with Crippen LogP contribution in [0, 0.1) is 12.7 Å². The highest BCUT2D eigenvalue weighted by Crippen LogP contribution is 2.28. The molecule has 0 amide bonds. The maximum atomic E-state index is 14.2. The highest BCUT2D eigenvalue weighted by atomic mass is 79.9. The Hall–Kier alpha value is -1.24. The van der Waals surface area contributed by atoms with Crippen molar-refractivity contribution in [2.45, 2.75) is 26.4 Å². The number of halogens is 2. The number of rotatable bonds is 4. The van der Waals surface area contributed by atoms with Gasteiger partial charge in [-0.15, -0.1) is 0 Å². The molecule has 0 bridgehead atoms. The lowest BCUT2D eigenvalue weighted by Gasteiger charge is -2.18. The number of nitrogens with two attached hydrogens (primary N) is 1. The summed E-state index contributed by atoms with van der Waals surface area (Å²) in [5.74, 6) is 5.30. The van der Waals surface area contributed by atoms with E-state index in [4.69, 9.17) is 5.84 Å². The summed E-state index contributed by atoms with van der Waals surface area (Å²) < 4.78 is 16.4. The molecule has 0 aliphatic heterocycles. The fourth-order valence-corrected chi connectivity index (χ4v) is 2.51. The van der Waals surface area contributed by atoms with Crippen molar-refractivity contribution in [1.82, 2.24) is 15.2 Å². The Morgan fingerprint density at radius 1 is 1.53 bits per heavy atom. The van der Waals surface area contributed by atoms with Gasteiger partial charge in [-0.3, -0.25) is 10.5 Å². The highest BCUT2D eigenvalue weighted by Gasteiger charge is 2.21. The summed E-state index contributed by atoms with van der Waals surface area (Å²) >= 11 is 3.19. The molecule has 6 heteroatoms. The molecule has 0 spiro atoms. The van der Waals surface area contributed by atoms with Gasteiger partial charge in [-0.1, -0.05) is 12.1 Å². The van der Waals surface area contributed by atoms with Gasteiger partial charge in [-0.05, 0) is 41.9 Å². The number of hydrogen-bond acceptors (Lipinski definition) is 3. The zero-order valence-electron chi connectivity index (χ0n) is 10.8. The van der Waals surface area contributed by atoms with Gasteiger partial charge in [0.2, 0.25) is 0 Å². The standard InChI is InChI=1S/C13H16BrFN4/c1-3-19-11(7-8(2)18-19)13(17-16)9-5-4-6-10(14)12(9)15/h4-7,13,17H,3,16H2,1-2H3. The minimum Gasteiger partial charge on any atom is -0.271 e. The van der Waals surface area contributed by atoms with Crippen LogP contribution in [0.15, 0.2) is 28.7 Å². The van der Waals surface area contributed by atoms with Gasteiger partial charge in [0.1, 0.15) is 5.82 Å². The molecule has 0 saturated heterocycles. The summed E-state index contributed by atoms with van der Waals surface area (Å²) in [5, 5.41) is 4.36. The summed E-state index contributed by atoms with van der Waals surface area (Å²) in [7, 11) is 0. The third-order valence-corrected chi connectivity index (χ3v) is 3.60. The van der Waals surface area contributed by atoms with Crippen LogP contribution in [0.5, 0.6) is 0 Å². The molecule has 1 aromatic carbocycles. The van der Waals surface area contributed by atoms with Crippen LogP contribution in [0.25, 0.3) is 0 Å². The monoisotopic (exact) mass is 326 g/mol. The van der Waals surface area contributed by atoms with Crippen LogP contribution in [0.2, 0.25) is 0 Å². The van der Waals surface area contributed by atoms with Gasteiger partial charge in [0.15, 0.2) is 0 Å². The second-order valence-corrected chi connectivity index (χ2v) is 5.12. The van der Waals surface area contributed by atoms with Crippen LogP contribution < -0.4 is 11.3 Å². The van der Waals surface area contributed by atoms with Crippen LogP contribution in [-0.2, 0) is 6.54 Å². The third-order valence-electron chi connectivity index (χ3n) is 2.99. The molecule has 0 aliphatic carbocycles. The van der Waals surface area contributed by atoms with Crippen molar-refractivity contribution in [2.75, 3.05) is 0 Å². The molecule has 0 aliphatic rings. The summed E-state index contributed by atoms with van der Waals surface area (Å²) in [5.41, 5.74) is 4.89. The largest absolute Gasteiger partial charge is 0.271 e. The molecule has 3 N–H and O–H groups in total. The Balaban J connectivity index is 2.53. The van der Waals surface area contributed by atoms with Crippen molar-refractivity contribution in [1.29, 1.82) is 0 Å². The molecule has 2 aromatic rings. The molecule has 1 atom stereocenters. The van der Waals surface area contributed by atoms with Gasteiger partial charge in [0, 0.05) is 12.1 Å². The van der Waals surface area contributed by atoms with Gasteiger partial charge in [-0.2, -0.15) is 5.10 Å². The van der Waals surface area contributed by atoms with Crippen molar-refractivity contribution in [3.8, 4) is 0 Å². The van der Waals surface area contributed by atoms with E-state index in [1.54, 1.807) is 18.2 Å². The lowest BCUT2D eigenvalue weighted by Crippen LogP contribution is -2.31. The first-order valence-electron chi connectivity index (χ1n) is 6.02. The predicted octanol–water partition coefficient (Wildman–Crippen LogP) is 2.67. The SMILES string of the molecule is CCn1nc(C)cc1C(NN)c1cccc(Br)c1F. The Bertz CT molecular complexity index is 582. The van der Waals surface area contributed by atoms with E-state index in [-0.39, 0.29) is 5.82 Å². The molecule has 0 radical (unpaired) electrons. The van der Waals surface area contributed by atoms with E-state index in [9.17, 15) is 4.39 Å². The molecule has 1 aromatic heterocycles. The maximum Gasteiger partial charge on any atom is 0.142 e. The Kier molecular flexibility index (Phi) is 4.34. The van der Waals surface area contributed by atoms with Gasteiger partial charge >= 0.3 is 0 Å². The van der Waals surface area contributed by atoms with Crippen LogP contribution in [-0.4, -0.2) is 9.78 Å². The fraction of sp³-hybridized carbons (Fsp3) is 0.308. The van der Waals surface area contributed by atoms with Crippen LogP contribution in [0.3, 0.4) is 0 Å². The van der Waals surface area contributed by atoms with Gasteiger partial charge in [0.05, 0.1) is 21.9 Å². The van der Waals surface area contributed by atoms with Crippen molar-refractivity contribution < 1.29 is 4.39 Å². The molecule has 0 saturated carbocycles. The number of aromatic nitrogens is 2. The molecule has 2 rings (SSSR count). The first kappa shape index (κ1) is 14.2. The number of nitrogens with one attached hydrogen (secondary N) is 1. The zero-order valence-corrected chi connectivity index (χ0v) is 12.4. The minimum atomic E-state index is -0.432. The zero-order chi connectivity index (χ0) is 14.0. The Labute approximate surface area is 119 Å². The fourth-order valence-electron chi connectivity index (χ4n) is 2.13. The van der Waals surface area contributed by atoms with E-state index in [0.717, 1.165) is 11.4 Å². The molecule has 1 unspecified atom stereocenters. The van der Waals surface area contributed by atoms with Crippen LogP contribution >= 0.6 is 15.9 Å². The van der Waals surface area contributed by atoms with E-state index in [1.165, 1.54) is 0 Å². The van der Waals surface area contributed by atoms with Gasteiger partial charge in [-0.25, -0.2) is 9.82 Å². The van der Waals surface area contributed by atoms with Crippen LogP contribution in [0.1, 0.15) is 29.9 Å². The van der Waals surface area contributed by atoms with E-state index in [2.05, 4.69) is 26.5 Å². The molecule has 1 heterocycles. The minimum absolute atomic E-state index is 0.313. The number of hydrogen-bond donors (Lipinski definition) is 2. The Morgan fingerprint density at radius 2 is 2.26 bits per heavy atom. The molecule has 102 valence electrons. The lowest BCUT2D eigenvalue weighted by molar-refractivity contribution is 0.513. The normalized spacial score (nSPS) is 12.7. The quantitative estimate of drug-likeness (QED) is 0.671. The maximum absolute atomic E-state index is 14.2. The predicted molar refractivity (Wildman–Crippen MR) is 75.9 cm³/mol. The summed E-state index contributed by atoms with van der Waals surface area (Å²) in [6.45, 7) is 4.60. The van der Waals surface area contributed by atoms with Gasteiger partial charge in [0.25, 0.3) is 0 Å². The summed E-state index contributed by atoms with van der Waals surface area (Å²) in [6, 6.07) is 6.64. The number of hydrazine groups is 1. The topological polar surface area (TPSA) is 55.9 Å². The van der Waals surface area contributed by atoms with Crippen molar-refractivity contribution in [2.24, 2.45) is 5.84 Å². The molecule has 19 heavy (non-hydrogen) atoms.